The normalized spacial score (nSPS) is 11.8. The van der Waals surface area contributed by atoms with E-state index in [4.69, 9.17) is 4.74 Å². The number of hydrogen-bond acceptors (Lipinski definition) is 5. The van der Waals surface area contributed by atoms with Gasteiger partial charge in [-0.3, -0.25) is 9.59 Å². The molecule has 1 atom stereocenters. The van der Waals surface area contributed by atoms with E-state index >= 15 is 0 Å². The second kappa shape index (κ2) is 8.19. The number of aromatic nitrogens is 1. The number of nitrogens with zero attached hydrogens (tertiary/aromatic N) is 1. The summed E-state index contributed by atoms with van der Waals surface area (Å²) in [5.74, 6) is -1.02. The van der Waals surface area contributed by atoms with Crippen LogP contribution in [-0.2, 0) is 14.3 Å². The molecule has 6 nitrogen and oxygen atoms in total. The fraction of sp³-hybridized carbons (Fsp3) is 0.333. The Balaban J connectivity index is 2.12. The molecule has 0 spiro atoms. The Labute approximate surface area is 140 Å². The maximum atomic E-state index is 12.4. The van der Waals surface area contributed by atoms with Crippen LogP contribution in [0.25, 0.3) is 10.9 Å². The van der Waals surface area contributed by atoms with Gasteiger partial charge < -0.3 is 10.1 Å². The molecule has 6 heteroatoms. The van der Waals surface area contributed by atoms with Crippen molar-refractivity contribution in [3.05, 3.63) is 42.1 Å². The van der Waals surface area contributed by atoms with E-state index in [2.05, 4.69) is 10.3 Å². The minimum Gasteiger partial charge on any atom is -0.467 e. The molecule has 0 unspecified atom stereocenters. The number of amides is 1. The van der Waals surface area contributed by atoms with Crippen LogP contribution in [0.15, 0.2) is 36.4 Å². The van der Waals surface area contributed by atoms with E-state index in [0.717, 1.165) is 5.39 Å². The molecule has 2 rings (SSSR count). The highest BCUT2D eigenvalue weighted by atomic mass is 16.5. The fourth-order valence-electron chi connectivity index (χ4n) is 2.30. The molecule has 126 valence electrons. The van der Waals surface area contributed by atoms with Gasteiger partial charge in [0.15, 0.2) is 0 Å². The summed E-state index contributed by atoms with van der Waals surface area (Å²) < 4.78 is 4.70. The third-order valence-electron chi connectivity index (χ3n) is 3.73. The average Bonchev–Trinajstić information content (AvgIpc) is 2.63. The van der Waals surface area contributed by atoms with Crippen LogP contribution in [0.1, 0.15) is 36.7 Å². The van der Waals surface area contributed by atoms with Crippen molar-refractivity contribution in [3.8, 4) is 0 Å². The summed E-state index contributed by atoms with van der Waals surface area (Å²) in [5, 5.41) is 3.52. The summed E-state index contributed by atoms with van der Waals surface area (Å²) in [4.78, 5) is 39.9. The molecular weight excluding hydrogens is 308 g/mol. The molecule has 0 aliphatic carbocycles. The Kier molecular flexibility index (Phi) is 6.01. The molecule has 1 aromatic carbocycles. The summed E-state index contributed by atoms with van der Waals surface area (Å²) in [7, 11) is 1.25. The van der Waals surface area contributed by atoms with E-state index in [-0.39, 0.29) is 24.3 Å². The molecule has 24 heavy (non-hydrogen) atoms. The number of pyridine rings is 1. The van der Waals surface area contributed by atoms with Crippen molar-refractivity contribution in [1.29, 1.82) is 0 Å². The van der Waals surface area contributed by atoms with Gasteiger partial charge >= 0.3 is 5.97 Å². The highest BCUT2D eigenvalue weighted by Gasteiger charge is 2.23. The van der Waals surface area contributed by atoms with Gasteiger partial charge in [-0.05, 0) is 18.6 Å². The molecule has 0 saturated heterocycles. The summed E-state index contributed by atoms with van der Waals surface area (Å²) in [6, 6.07) is 9.97. The molecule has 0 aliphatic heterocycles. The Hall–Kier alpha value is -2.76. The first kappa shape index (κ1) is 17.6. The highest BCUT2D eigenvalue weighted by Crippen LogP contribution is 2.12. The minimum absolute atomic E-state index is 0.0296. The maximum Gasteiger partial charge on any atom is 0.328 e. The predicted molar refractivity (Wildman–Crippen MR) is 89.5 cm³/mol. The van der Waals surface area contributed by atoms with E-state index < -0.39 is 17.9 Å². The van der Waals surface area contributed by atoms with Crippen molar-refractivity contribution in [3.63, 3.8) is 0 Å². The Morgan fingerprint density at radius 3 is 2.62 bits per heavy atom. The maximum absolute atomic E-state index is 12.4. The number of para-hydroxylation sites is 1. The number of methoxy groups -OCH3 is 1. The zero-order chi connectivity index (χ0) is 17.5. The van der Waals surface area contributed by atoms with Crippen LogP contribution in [0.3, 0.4) is 0 Å². The van der Waals surface area contributed by atoms with Crippen molar-refractivity contribution < 1.29 is 19.1 Å². The molecule has 0 radical (unpaired) electrons. The van der Waals surface area contributed by atoms with Crippen LogP contribution in [0.2, 0.25) is 0 Å². The van der Waals surface area contributed by atoms with Gasteiger partial charge in [-0.1, -0.05) is 31.2 Å². The van der Waals surface area contributed by atoms with Crippen molar-refractivity contribution in [2.45, 2.75) is 32.2 Å². The number of fused-ring (bicyclic) bond motifs is 1. The number of carbonyl (C=O) groups excluding carboxylic acids is 3. The Bertz CT molecular complexity index is 758. The third kappa shape index (κ3) is 4.38. The number of rotatable bonds is 7. The van der Waals surface area contributed by atoms with Gasteiger partial charge in [0.2, 0.25) is 0 Å². The molecule has 2 aromatic rings. The molecule has 1 heterocycles. The molecule has 1 amide bonds. The smallest absolute Gasteiger partial charge is 0.328 e. The van der Waals surface area contributed by atoms with Gasteiger partial charge in [-0.2, -0.15) is 0 Å². The number of nitrogens with one attached hydrogen (secondary N) is 1. The predicted octanol–water partition coefficient (Wildman–Crippen LogP) is 2.27. The van der Waals surface area contributed by atoms with Crippen molar-refractivity contribution in [1.82, 2.24) is 10.3 Å². The first-order valence-electron chi connectivity index (χ1n) is 7.81. The minimum atomic E-state index is -0.869. The van der Waals surface area contributed by atoms with Gasteiger partial charge in [-0.15, -0.1) is 0 Å². The van der Waals surface area contributed by atoms with Crippen LogP contribution in [0.5, 0.6) is 0 Å². The molecule has 0 saturated carbocycles. The summed E-state index contributed by atoms with van der Waals surface area (Å²) >= 11 is 0. The molecule has 1 N–H and O–H groups in total. The number of benzene rings is 1. The zero-order valence-corrected chi connectivity index (χ0v) is 13.7. The van der Waals surface area contributed by atoms with E-state index in [1.54, 1.807) is 19.1 Å². The number of esters is 1. The number of Topliss-reactive ketones (excluding diaryl/α,β-unsaturated/α-hetero) is 1. The van der Waals surface area contributed by atoms with Crippen LogP contribution < -0.4 is 5.32 Å². The van der Waals surface area contributed by atoms with Crippen molar-refractivity contribution >= 4 is 28.6 Å². The number of carbonyl (C=O) groups is 3. The van der Waals surface area contributed by atoms with Crippen LogP contribution >= 0.6 is 0 Å². The summed E-state index contributed by atoms with van der Waals surface area (Å²) in [6.07, 6.45) is 0.814. The second-order valence-electron chi connectivity index (χ2n) is 5.37. The zero-order valence-electron chi connectivity index (χ0n) is 13.7. The SMILES string of the molecule is CCC(=O)CC[C@H](NC(=O)c1ccc2ccccc2n1)C(=O)OC. The Morgan fingerprint density at radius 1 is 1.17 bits per heavy atom. The number of hydrogen-bond donors (Lipinski definition) is 1. The van der Waals surface area contributed by atoms with Crippen LogP contribution in [0.4, 0.5) is 0 Å². The molecule has 1 aromatic heterocycles. The van der Waals surface area contributed by atoms with Gasteiger partial charge in [0.25, 0.3) is 5.91 Å². The van der Waals surface area contributed by atoms with Gasteiger partial charge in [0.05, 0.1) is 12.6 Å². The summed E-state index contributed by atoms with van der Waals surface area (Å²) in [6.45, 7) is 1.76. The third-order valence-corrected chi connectivity index (χ3v) is 3.73. The lowest BCUT2D eigenvalue weighted by atomic mass is 10.1. The van der Waals surface area contributed by atoms with Crippen LogP contribution in [0, 0.1) is 0 Å². The molecular formula is C18H20N2O4. The lowest BCUT2D eigenvalue weighted by molar-refractivity contribution is -0.143. The van der Waals surface area contributed by atoms with Gasteiger partial charge in [0.1, 0.15) is 17.5 Å². The Morgan fingerprint density at radius 2 is 1.92 bits per heavy atom. The highest BCUT2D eigenvalue weighted by molar-refractivity contribution is 5.97. The van der Waals surface area contributed by atoms with Crippen LogP contribution in [-0.4, -0.2) is 35.8 Å². The average molecular weight is 328 g/mol. The second-order valence-corrected chi connectivity index (χ2v) is 5.37. The lowest BCUT2D eigenvalue weighted by Gasteiger charge is -2.16. The van der Waals surface area contributed by atoms with E-state index in [9.17, 15) is 14.4 Å². The molecule has 0 fully saturated rings. The van der Waals surface area contributed by atoms with E-state index in [1.165, 1.54) is 7.11 Å². The fourth-order valence-corrected chi connectivity index (χ4v) is 2.30. The first-order chi connectivity index (χ1) is 11.5. The molecule has 0 bridgehead atoms. The van der Waals surface area contributed by atoms with Crippen molar-refractivity contribution in [2.75, 3.05) is 7.11 Å². The number of ether oxygens (including phenoxy) is 1. The summed E-state index contributed by atoms with van der Waals surface area (Å²) in [5.41, 5.74) is 0.908. The van der Waals surface area contributed by atoms with E-state index in [0.29, 0.717) is 11.9 Å². The topological polar surface area (TPSA) is 85.4 Å². The molecule has 0 aliphatic rings. The first-order valence-corrected chi connectivity index (χ1v) is 7.81. The quantitative estimate of drug-likeness (QED) is 0.788. The standard InChI is InChI=1S/C18H20N2O4/c1-3-13(21)9-11-16(18(23)24-2)20-17(22)15-10-8-12-6-4-5-7-14(12)19-15/h4-8,10,16H,3,9,11H2,1-2H3,(H,20,22)/t16-/m0/s1. The van der Waals surface area contributed by atoms with Gasteiger partial charge in [0, 0.05) is 18.2 Å². The van der Waals surface area contributed by atoms with E-state index in [1.807, 2.05) is 24.3 Å². The largest absolute Gasteiger partial charge is 0.467 e. The monoisotopic (exact) mass is 328 g/mol. The lowest BCUT2D eigenvalue weighted by Crippen LogP contribution is -2.42. The number of ketones is 1. The van der Waals surface area contributed by atoms with Gasteiger partial charge in [-0.25, -0.2) is 9.78 Å². The van der Waals surface area contributed by atoms with Crippen molar-refractivity contribution in [2.24, 2.45) is 0 Å².